The van der Waals surface area contributed by atoms with Crippen molar-refractivity contribution in [2.45, 2.75) is 25.2 Å². The molecule has 0 unspecified atom stereocenters. The van der Waals surface area contributed by atoms with E-state index in [1.807, 2.05) is 0 Å². The van der Waals surface area contributed by atoms with Gasteiger partial charge in [-0.1, -0.05) is 13.0 Å². The van der Waals surface area contributed by atoms with E-state index >= 15 is 0 Å². The van der Waals surface area contributed by atoms with Gasteiger partial charge in [-0.3, -0.25) is 9.52 Å². The minimum atomic E-state index is -3.98. The predicted molar refractivity (Wildman–Crippen MR) is 96.6 cm³/mol. The smallest absolute Gasteiger partial charge is 0.349 e. The van der Waals surface area contributed by atoms with Crippen LogP contribution in [0.3, 0.4) is 0 Å². The zero-order valence-electron chi connectivity index (χ0n) is 14.0. The summed E-state index contributed by atoms with van der Waals surface area (Å²) in [4.78, 5) is 23.1. The molecular weight excluding hydrogens is 364 g/mol. The average molecular weight is 382 g/mol. The van der Waals surface area contributed by atoms with Crippen LogP contribution in [0.1, 0.15) is 28.6 Å². The van der Waals surface area contributed by atoms with Gasteiger partial charge in [0.1, 0.15) is 9.77 Å². The summed E-state index contributed by atoms with van der Waals surface area (Å²) in [7, 11) is -2.79. The molecule has 9 heteroatoms. The third-order valence-corrected chi connectivity index (χ3v) is 5.89. The van der Waals surface area contributed by atoms with Gasteiger partial charge in [0.2, 0.25) is 5.91 Å². The molecule has 0 spiro atoms. The minimum Gasteiger partial charge on any atom is -0.465 e. The fourth-order valence-corrected chi connectivity index (χ4v) is 4.53. The summed E-state index contributed by atoms with van der Waals surface area (Å²) in [6, 6.07) is 6.24. The van der Waals surface area contributed by atoms with Crippen molar-refractivity contribution in [1.82, 2.24) is 0 Å². The molecule has 0 bridgehead atoms. The number of hydrogen-bond acceptors (Lipinski definition) is 6. The molecule has 2 aromatic rings. The lowest BCUT2D eigenvalue weighted by atomic mass is 10.1. The number of ether oxygens (including phenoxy) is 1. The van der Waals surface area contributed by atoms with Crippen LogP contribution in [0.4, 0.5) is 11.4 Å². The molecule has 134 valence electrons. The van der Waals surface area contributed by atoms with Crippen LogP contribution in [-0.2, 0) is 19.6 Å². The molecule has 2 rings (SSSR count). The minimum absolute atomic E-state index is 0.00286. The first-order valence-corrected chi connectivity index (χ1v) is 9.74. The normalized spacial score (nSPS) is 11.0. The van der Waals surface area contributed by atoms with Crippen LogP contribution in [0, 0.1) is 6.92 Å². The van der Waals surface area contributed by atoms with Crippen LogP contribution < -0.4 is 10.0 Å². The largest absolute Gasteiger partial charge is 0.465 e. The summed E-state index contributed by atoms with van der Waals surface area (Å²) in [5.41, 5.74) is 1.41. The number of sulfonamides is 1. The highest BCUT2D eigenvalue weighted by atomic mass is 32.2. The third kappa shape index (κ3) is 4.18. The number of methoxy groups -OCH3 is 1. The number of anilines is 2. The maximum atomic E-state index is 12.6. The standard InChI is InChI=1S/C16H18N2O5S2/c1-4-14(19)17-11-6-5-7-12(10(11)2)18-25(21,22)13-8-9-24-15(13)16(20)23-3/h5-9,18H,4H2,1-3H3,(H,17,19). The number of esters is 1. The van der Waals surface area contributed by atoms with Gasteiger partial charge in [-0.15, -0.1) is 11.3 Å². The number of benzene rings is 1. The summed E-state index contributed by atoms with van der Waals surface area (Å²) >= 11 is 0.988. The molecule has 1 heterocycles. The molecule has 1 aromatic heterocycles. The Bertz CT molecular complexity index is 903. The molecule has 0 aliphatic heterocycles. The number of hydrogen-bond donors (Lipinski definition) is 2. The Kier molecular flexibility index (Phi) is 5.81. The van der Waals surface area contributed by atoms with Crippen LogP contribution in [0.15, 0.2) is 34.5 Å². The molecular formula is C16H18N2O5S2. The van der Waals surface area contributed by atoms with Crippen LogP contribution >= 0.6 is 11.3 Å². The van der Waals surface area contributed by atoms with E-state index in [2.05, 4.69) is 14.8 Å². The van der Waals surface area contributed by atoms with Crippen molar-refractivity contribution in [3.8, 4) is 0 Å². The zero-order chi connectivity index (χ0) is 18.6. The lowest BCUT2D eigenvalue weighted by Crippen LogP contribution is -2.17. The highest BCUT2D eigenvalue weighted by Gasteiger charge is 2.25. The van der Waals surface area contributed by atoms with Gasteiger partial charge in [0.25, 0.3) is 10.0 Å². The fourth-order valence-electron chi connectivity index (χ4n) is 2.07. The maximum absolute atomic E-state index is 12.6. The molecule has 0 atom stereocenters. The van der Waals surface area contributed by atoms with Gasteiger partial charge in [0, 0.05) is 12.1 Å². The van der Waals surface area contributed by atoms with Gasteiger partial charge >= 0.3 is 5.97 Å². The number of thiophene rings is 1. The van der Waals surface area contributed by atoms with Crippen molar-refractivity contribution in [3.63, 3.8) is 0 Å². The van der Waals surface area contributed by atoms with Crippen LogP contribution in [0.2, 0.25) is 0 Å². The summed E-state index contributed by atoms with van der Waals surface area (Å²) in [5, 5.41) is 4.22. The second-order valence-corrected chi connectivity index (χ2v) is 7.66. The number of nitrogens with one attached hydrogen (secondary N) is 2. The Morgan fingerprint density at radius 2 is 1.88 bits per heavy atom. The molecule has 0 saturated heterocycles. The lowest BCUT2D eigenvalue weighted by Gasteiger charge is -2.14. The summed E-state index contributed by atoms with van der Waals surface area (Å²) in [6.45, 7) is 3.42. The molecule has 1 aromatic carbocycles. The molecule has 1 amide bonds. The number of amides is 1. The van der Waals surface area contributed by atoms with Crippen molar-refractivity contribution in [2.75, 3.05) is 17.1 Å². The van der Waals surface area contributed by atoms with Crippen LogP contribution in [0.25, 0.3) is 0 Å². The Morgan fingerprint density at radius 1 is 1.20 bits per heavy atom. The molecule has 7 nitrogen and oxygen atoms in total. The number of carbonyl (C=O) groups excluding carboxylic acids is 2. The topological polar surface area (TPSA) is 102 Å². The first-order chi connectivity index (χ1) is 11.8. The maximum Gasteiger partial charge on any atom is 0.349 e. The molecule has 0 radical (unpaired) electrons. The second kappa shape index (κ2) is 7.66. The SMILES string of the molecule is CCC(=O)Nc1cccc(NS(=O)(=O)c2ccsc2C(=O)OC)c1C. The van der Waals surface area contributed by atoms with E-state index in [1.54, 1.807) is 32.0 Å². The lowest BCUT2D eigenvalue weighted by molar-refractivity contribution is -0.115. The van der Waals surface area contributed by atoms with Gasteiger partial charge < -0.3 is 10.1 Å². The van der Waals surface area contributed by atoms with Gasteiger partial charge in [-0.2, -0.15) is 0 Å². The van der Waals surface area contributed by atoms with Crippen molar-refractivity contribution in [3.05, 3.63) is 40.1 Å². The van der Waals surface area contributed by atoms with E-state index < -0.39 is 16.0 Å². The number of carbonyl (C=O) groups is 2. The highest BCUT2D eigenvalue weighted by Crippen LogP contribution is 2.29. The zero-order valence-corrected chi connectivity index (χ0v) is 15.6. The predicted octanol–water partition coefficient (Wildman–Crippen LogP) is 2.99. The molecule has 0 aliphatic rings. The van der Waals surface area contributed by atoms with Gasteiger partial charge in [0.05, 0.1) is 12.8 Å². The third-order valence-electron chi connectivity index (χ3n) is 3.46. The highest BCUT2D eigenvalue weighted by molar-refractivity contribution is 7.93. The Hall–Kier alpha value is -2.39. The molecule has 0 aliphatic carbocycles. The summed E-state index contributed by atoms with van der Waals surface area (Å²) < 4.78 is 32.4. The Balaban J connectivity index is 2.36. The first-order valence-electron chi connectivity index (χ1n) is 7.38. The average Bonchev–Trinajstić information content (AvgIpc) is 3.08. The number of rotatable bonds is 6. The summed E-state index contributed by atoms with van der Waals surface area (Å²) in [6.07, 6.45) is 0.312. The molecule has 0 fully saturated rings. The molecule has 2 N–H and O–H groups in total. The second-order valence-electron chi connectivity index (χ2n) is 5.09. The van der Waals surface area contributed by atoms with E-state index in [0.717, 1.165) is 11.3 Å². The van der Waals surface area contributed by atoms with Crippen LogP contribution in [0.5, 0.6) is 0 Å². The Morgan fingerprint density at radius 3 is 2.52 bits per heavy atom. The first kappa shape index (κ1) is 18.9. The van der Waals surface area contributed by atoms with E-state index in [4.69, 9.17) is 0 Å². The van der Waals surface area contributed by atoms with Crippen LogP contribution in [-0.4, -0.2) is 27.4 Å². The van der Waals surface area contributed by atoms with Gasteiger partial charge in [-0.05, 0) is 36.1 Å². The monoisotopic (exact) mass is 382 g/mol. The van der Waals surface area contributed by atoms with Crippen molar-refractivity contribution in [1.29, 1.82) is 0 Å². The molecule has 25 heavy (non-hydrogen) atoms. The van der Waals surface area contributed by atoms with E-state index in [1.165, 1.54) is 18.6 Å². The molecule has 0 saturated carbocycles. The van der Waals surface area contributed by atoms with E-state index in [0.29, 0.717) is 23.4 Å². The van der Waals surface area contributed by atoms with Crippen molar-refractivity contribution >= 4 is 44.6 Å². The summed E-state index contributed by atoms with van der Waals surface area (Å²) in [5.74, 6) is -0.884. The van der Waals surface area contributed by atoms with E-state index in [-0.39, 0.29) is 15.7 Å². The van der Waals surface area contributed by atoms with Crippen molar-refractivity contribution < 1.29 is 22.7 Å². The van der Waals surface area contributed by atoms with Gasteiger partial charge in [0.15, 0.2) is 0 Å². The van der Waals surface area contributed by atoms with Crippen molar-refractivity contribution in [2.24, 2.45) is 0 Å². The fraction of sp³-hybridized carbons (Fsp3) is 0.250. The van der Waals surface area contributed by atoms with Gasteiger partial charge in [-0.25, -0.2) is 13.2 Å². The Labute approximate surface area is 150 Å². The van der Waals surface area contributed by atoms with E-state index in [9.17, 15) is 18.0 Å². The quantitative estimate of drug-likeness (QED) is 0.748.